The summed E-state index contributed by atoms with van der Waals surface area (Å²) in [5, 5.41) is 13.4. The fraction of sp³-hybridized carbons (Fsp3) is 0.600. The number of carbonyl (C=O) groups is 4. The monoisotopic (exact) mass is 717 g/mol. The van der Waals surface area contributed by atoms with Crippen molar-refractivity contribution in [3.05, 3.63) is 58.7 Å². The van der Waals surface area contributed by atoms with Crippen LogP contribution in [0.4, 0.5) is 15.3 Å². The van der Waals surface area contributed by atoms with Crippen LogP contribution in [0.3, 0.4) is 0 Å². The van der Waals surface area contributed by atoms with E-state index < -0.39 is 12.2 Å². The number of para-hydroxylation sites is 1. The van der Waals surface area contributed by atoms with Crippen molar-refractivity contribution in [2.75, 3.05) is 64.3 Å². The van der Waals surface area contributed by atoms with Crippen LogP contribution in [-0.4, -0.2) is 120 Å². The molecule has 4 aliphatic rings. The van der Waals surface area contributed by atoms with Gasteiger partial charge >= 0.3 is 18.1 Å². The fourth-order valence-electron chi connectivity index (χ4n) is 8.62. The number of likely N-dealkylation sites (tertiary alicyclic amines) is 3. The van der Waals surface area contributed by atoms with Crippen LogP contribution in [0.15, 0.2) is 36.4 Å². The Labute approximate surface area is 307 Å². The number of nitrogens with one attached hydrogen (secondary N) is 1. The van der Waals surface area contributed by atoms with Crippen molar-refractivity contribution in [1.29, 1.82) is 0 Å². The Kier molecular flexibility index (Phi) is 12.2. The summed E-state index contributed by atoms with van der Waals surface area (Å²) in [4.78, 5) is 60.5. The van der Waals surface area contributed by atoms with E-state index in [9.17, 15) is 24.3 Å². The minimum absolute atomic E-state index is 0.00448. The molecule has 0 bridgehead atoms. The molecule has 52 heavy (non-hydrogen) atoms. The maximum Gasteiger partial charge on any atom is 0.410 e. The molecule has 1 atom stereocenters. The molecular formula is C40H55N5O7. The Morgan fingerprint density at radius 2 is 1.48 bits per heavy atom. The molecule has 2 aromatic carbocycles. The van der Waals surface area contributed by atoms with Crippen molar-refractivity contribution >= 4 is 29.7 Å². The molecule has 4 heterocycles. The summed E-state index contributed by atoms with van der Waals surface area (Å²) < 4.78 is 11.2. The van der Waals surface area contributed by atoms with Crippen LogP contribution < -0.4 is 5.32 Å². The number of fused-ring (bicyclic) bond motifs is 1. The van der Waals surface area contributed by atoms with E-state index in [4.69, 9.17) is 9.47 Å². The van der Waals surface area contributed by atoms with Crippen LogP contribution in [0.2, 0.25) is 0 Å². The molecule has 0 unspecified atom stereocenters. The smallest absolute Gasteiger partial charge is 0.410 e. The second kappa shape index (κ2) is 17.0. The van der Waals surface area contributed by atoms with Crippen molar-refractivity contribution in [3.63, 3.8) is 0 Å². The number of urea groups is 1. The summed E-state index contributed by atoms with van der Waals surface area (Å²) in [6, 6.07) is 11.5. The molecule has 4 amide bonds. The number of piperidine rings is 3. The van der Waals surface area contributed by atoms with Gasteiger partial charge in [0, 0.05) is 50.9 Å². The molecule has 4 aliphatic heterocycles. The van der Waals surface area contributed by atoms with Gasteiger partial charge in [-0.05, 0) is 119 Å². The predicted molar refractivity (Wildman–Crippen MR) is 197 cm³/mol. The second-order valence-corrected chi connectivity index (χ2v) is 15.0. The Hall–Kier alpha value is -4.32. The quantitative estimate of drug-likeness (QED) is 0.342. The van der Waals surface area contributed by atoms with Crippen molar-refractivity contribution < 1.29 is 33.8 Å². The SMILES string of the molecule is CCOC(=O)CN1CCC(C2CCN(C(=O)[C@@H](Cc3cc(C)c(O)c(C)c3)OC(=O)N3CCC(N4CCc5ccccc5NC4=O)CC3)CC2)CC1. The van der Waals surface area contributed by atoms with Crippen molar-refractivity contribution in [3.8, 4) is 5.75 Å². The number of aromatic hydroxyl groups is 1. The lowest BCUT2D eigenvalue weighted by molar-refractivity contribution is -0.144. The number of phenols is 1. The Bertz CT molecular complexity index is 1570. The zero-order valence-corrected chi connectivity index (χ0v) is 31.0. The molecular weight excluding hydrogens is 662 g/mol. The van der Waals surface area contributed by atoms with Crippen molar-refractivity contribution in [2.45, 2.75) is 84.3 Å². The standard InChI is InChI=1S/C40H55N5O7/c1-4-51-36(46)26-42-16-9-30(10-17-42)31-11-18-43(19-12-31)38(48)35(25-29-23-27(2)37(47)28(3)24-29)52-40(50)44-20-14-33(15-21-44)45-22-13-32-7-5-6-8-34(32)41-39(45)49/h5-8,23-24,30-31,33,35,47H,4,9-22,25-26H2,1-3H3,(H,41,49)/t35-/m1/s1. The van der Waals surface area contributed by atoms with Crippen LogP contribution in [0, 0.1) is 25.7 Å². The van der Waals surface area contributed by atoms with E-state index in [1.165, 1.54) is 0 Å². The van der Waals surface area contributed by atoms with Crippen LogP contribution >= 0.6 is 0 Å². The minimum Gasteiger partial charge on any atom is -0.507 e. The first-order valence-electron chi connectivity index (χ1n) is 19.2. The van der Waals surface area contributed by atoms with E-state index in [0.29, 0.717) is 81.7 Å². The topological polar surface area (TPSA) is 132 Å². The molecule has 3 saturated heterocycles. The van der Waals surface area contributed by atoms with Gasteiger partial charge in [0.1, 0.15) is 5.75 Å². The average Bonchev–Trinajstić information content (AvgIpc) is 3.31. The van der Waals surface area contributed by atoms with E-state index in [1.807, 2.05) is 67.0 Å². The number of nitrogens with zero attached hydrogens (tertiary/aromatic N) is 4. The summed E-state index contributed by atoms with van der Waals surface area (Å²) in [5.41, 5.74) is 4.22. The van der Waals surface area contributed by atoms with Gasteiger partial charge in [-0.25, -0.2) is 9.59 Å². The number of anilines is 1. The van der Waals surface area contributed by atoms with Gasteiger partial charge in [-0.15, -0.1) is 0 Å². The Morgan fingerprint density at radius 1 is 0.865 bits per heavy atom. The van der Waals surface area contributed by atoms with Crippen molar-refractivity contribution in [2.24, 2.45) is 11.8 Å². The van der Waals surface area contributed by atoms with Crippen LogP contribution in [0.25, 0.3) is 0 Å². The number of carbonyl (C=O) groups excluding carboxylic acids is 4. The van der Waals surface area contributed by atoms with Crippen LogP contribution in [0.1, 0.15) is 67.7 Å². The largest absolute Gasteiger partial charge is 0.507 e. The summed E-state index contributed by atoms with van der Waals surface area (Å²) in [6.07, 6.45) is 4.60. The van der Waals surface area contributed by atoms with Gasteiger partial charge in [0.2, 0.25) is 0 Å². The van der Waals surface area contributed by atoms with Crippen LogP contribution in [-0.2, 0) is 31.9 Å². The fourth-order valence-corrected chi connectivity index (χ4v) is 8.62. The number of benzene rings is 2. The highest BCUT2D eigenvalue weighted by atomic mass is 16.6. The van der Waals surface area contributed by atoms with Gasteiger partial charge in [-0.3, -0.25) is 14.5 Å². The van der Waals surface area contributed by atoms with E-state index in [0.717, 1.165) is 62.0 Å². The lowest BCUT2D eigenvalue weighted by atomic mass is 9.78. The summed E-state index contributed by atoms with van der Waals surface area (Å²) in [6.45, 7) is 10.7. The summed E-state index contributed by atoms with van der Waals surface area (Å²) in [5.74, 6) is 0.945. The van der Waals surface area contributed by atoms with Gasteiger partial charge < -0.3 is 34.6 Å². The lowest BCUT2D eigenvalue weighted by Crippen LogP contribution is -2.52. The minimum atomic E-state index is -0.994. The first-order valence-corrected chi connectivity index (χ1v) is 19.2. The van der Waals surface area contributed by atoms with E-state index >= 15 is 0 Å². The molecule has 0 radical (unpaired) electrons. The number of ether oxygens (including phenoxy) is 2. The molecule has 0 saturated carbocycles. The number of hydrogen-bond donors (Lipinski definition) is 2. The highest BCUT2D eigenvalue weighted by molar-refractivity contribution is 5.91. The van der Waals surface area contributed by atoms with Gasteiger partial charge in [0.25, 0.3) is 5.91 Å². The Balaban J connectivity index is 1.05. The summed E-state index contributed by atoms with van der Waals surface area (Å²) >= 11 is 0. The first-order chi connectivity index (χ1) is 25.1. The third kappa shape index (κ3) is 9.00. The number of rotatable bonds is 9. The molecule has 0 spiro atoms. The highest BCUT2D eigenvalue weighted by Crippen LogP contribution is 2.33. The number of phenolic OH excluding ortho intramolecular Hbond substituents is 1. The van der Waals surface area contributed by atoms with Gasteiger partial charge in [0.05, 0.1) is 13.2 Å². The first kappa shape index (κ1) is 37.4. The third-order valence-electron chi connectivity index (χ3n) is 11.6. The van der Waals surface area contributed by atoms with E-state index in [-0.39, 0.29) is 36.1 Å². The number of aryl methyl sites for hydroxylation is 2. The van der Waals surface area contributed by atoms with Crippen LogP contribution in [0.5, 0.6) is 5.75 Å². The molecule has 0 aliphatic carbocycles. The molecule has 282 valence electrons. The predicted octanol–water partition coefficient (Wildman–Crippen LogP) is 5.13. The highest BCUT2D eigenvalue weighted by Gasteiger charge is 2.37. The number of hydrogen-bond acceptors (Lipinski definition) is 8. The second-order valence-electron chi connectivity index (χ2n) is 15.0. The maximum absolute atomic E-state index is 14.1. The molecule has 12 nitrogen and oxygen atoms in total. The molecule has 0 aromatic heterocycles. The number of amides is 4. The molecule has 2 aromatic rings. The average molecular weight is 718 g/mol. The normalized spacial score (nSPS) is 20.1. The van der Waals surface area contributed by atoms with E-state index in [2.05, 4.69) is 10.2 Å². The molecule has 3 fully saturated rings. The molecule has 2 N–H and O–H groups in total. The zero-order valence-electron chi connectivity index (χ0n) is 31.0. The molecule has 6 rings (SSSR count). The maximum atomic E-state index is 14.1. The zero-order chi connectivity index (χ0) is 36.8. The summed E-state index contributed by atoms with van der Waals surface area (Å²) in [7, 11) is 0. The van der Waals surface area contributed by atoms with Gasteiger partial charge in [-0.1, -0.05) is 30.3 Å². The lowest BCUT2D eigenvalue weighted by Gasteiger charge is -2.41. The third-order valence-corrected chi connectivity index (χ3v) is 11.6. The van der Waals surface area contributed by atoms with Gasteiger partial charge in [0.15, 0.2) is 6.10 Å². The molecule has 12 heteroatoms. The van der Waals surface area contributed by atoms with E-state index in [1.54, 1.807) is 4.90 Å². The van der Waals surface area contributed by atoms with Crippen molar-refractivity contribution in [1.82, 2.24) is 19.6 Å². The Morgan fingerprint density at radius 3 is 2.13 bits per heavy atom. The van der Waals surface area contributed by atoms with Gasteiger partial charge in [-0.2, -0.15) is 0 Å². The number of esters is 1.